The number of hydrogen-bond donors (Lipinski definition) is 2. The molecule has 6 heteroatoms. The van der Waals surface area contributed by atoms with E-state index in [0.717, 1.165) is 45.1 Å². The summed E-state index contributed by atoms with van der Waals surface area (Å²) in [7, 11) is 0. The van der Waals surface area contributed by atoms with Crippen molar-refractivity contribution < 1.29 is 4.74 Å². The quantitative estimate of drug-likeness (QED) is 0.783. The van der Waals surface area contributed by atoms with E-state index in [1.807, 2.05) is 12.1 Å². The monoisotopic (exact) mass is 266 g/mol. The summed E-state index contributed by atoms with van der Waals surface area (Å²) >= 11 is 5.22. The van der Waals surface area contributed by atoms with Gasteiger partial charge < -0.3 is 15.4 Å². The van der Waals surface area contributed by atoms with E-state index < -0.39 is 0 Å². The minimum Gasteiger partial charge on any atom is -0.379 e. The number of rotatable bonds is 4. The summed E-state index contributed by atoms with van der Waals surface area (Å²) in [5, 5.41) is 6.96. The van der Waals surface area contributed by atoms with Crippen LogP contribution in [0, 0.1) is 0 Å². The lowest BCUT2D eigenvalue weighted by molar-refractivity contribution is 0.0389. The van der Waals surface area contributed by atoms with E-state index in [0.29, 0.717) is 5.11 Å². The fourth-order valence-electron chi connectivity index (χ4n) is 1.76. The maximum Gasteiger partial charge on any atom is 0.170 e. The van der Waals surface area contributed by atoms with E-state index in [9.17, 15) is 0 Å². The molecule has 0 saturated carbocycles. The summed E-state index contributed by atoms with van der Waals surface area (Å²) in [5.41, 5.74) is 0.953. The Hall–Kier alpha value is -1.24. The first-order valence-electron chi connectivity index (χ1n) is 6.09. The number of aromatic nitrogens is 1. The number of nitrogens with zero attached hydrogens (tertiary/aromatic N) is 2. The Morgan fingerprint density at radius 2 is 2.06 bits per heavy atom. The Bertz CT molecular complexity index is 368. The third kappa shape index (κ3) is 4.56. The van der Waals surface area contributed by atoms with Crippen LogP contribution < -0.4 is 10.6 Å². The highest BCUT2D eigenvalue weighted by atomic mass is 32.1. The first-order chi connectivity index (χ1) is 8.84. The molecule has 0 unspecified atom stereocenters. The van der Waals surface area contributed by atoms with Gasteiger partial charge in [0.05, 0.1) is 13.2 Å². The second-order valence-corrected chi connectivity index (χ2v) is 4.48. The summed E-state index contributed by atoms with van der Waals surface area (Å²) in [4.78, 5) is 6.32. The van der Waals surface area contributed by atoms with Crippen molar-refractivity contribution >= 4 is 23.0 Å². The van der Waals surface area contributed by atoms with Gasteiger partial charge in [-0.1, -0.05) is 0 Å². The molecule has 0 spiro atoms. The minimum atomic E-state index is 0.648. The summed E-state index contributed by atoms with van der Waals surface area (Å²) in [5.74, 6) is 0. The molecule has 0 radical (unpaired) electrons. The first kappa shape index (κ1) is 13.2. The maximum atomic E-state index is 5.30. The molecule has 2 rings (SSSR count). The van der Waals surface area contributed by atoms with Gasteiger partial charge in [0.15, 0.2) is 5.11 Å². The van der Waals surface area contributed by atoms with Crippen molar-refractivity contribution in [2.75, 3.05) is 44.7 Å². The SMILES string of the molecule is S=C(NCCN1CCOCC1)Nc1ccncc1. The van der Waals surface area contributed by atoms with Crippen LogP contribution in [0.25, 0.3) is 0 Å². The van der Waals surface area contributed by atoms with Gasteiger partial charge in [0.25, 0.3) is 0 Å². The highest BCUT2D eigenvalue weighted by Gasteiger charge is 2.09. The van der Waals surface area contributed by atoms with E-state index in [-0.39, 0.29) is 0 Å². The van der Waals surface area contributed by atoms with Gasteiger partial charge >= 0.3 is 0 Å². The molecular weight excluding hydrogens is 248 g/mol. The minimum absolute atomic E-state index is 0.648. The molecule has 0 atom stereocenters. The van der Waals surface area contributed by atoms with E-state index >= 15 is 0 Å². The Balaban J connectivity index is 1.62. The van der Waals surface area contributed by atoms with Crippen LogP contribution in [-0.4, -0.2) is 54.4 Å². The third-order valence-corrected chi connectivity index (χ3v) is 3.00. The lowest BCUT2D eigenvalue weighted by Crippen LogP contribution is -2.42. The Kier molecular flexibility index (Phi) is 5.32. The Labute approximate surface area is 113 Å². The zero-order chi connectivity index (χ0) is 12.6. The van der Waals surface area contributed by atoms with Crippen LogP contribution in [0.5, 0.6) is 0 Å². The van der Waals surface area contributed by atoms with Crippen LogP contribution in [-0.2, 0) is 4.74 Å². The lowest BCUT2D eigenvalue weighted by Gasteiger charge is -2.26. The molecule has 1 aromatic heterocycles. The van der Waals surface area contributed by atoms with Gasteiger partial charge in [-0.25, -0.2) is 0 Å². The third-order valence-electron chi connectivity index (χ3n) is 2.76. The molecule has 1 aromatic rings. The van der Waals surface area contributed by atoms with Gasteiger partial charge in [0.2, 0.25) is 0 Å². The fraction of sp³-hybridized carbons (Fsp3) is 0.500. The topological polar surface area (TPSA) is 49.4 Å². The van der Waals surface area contributed by atoms with E-state index in [1.165, 1.54) is 0 Å². The molecule has 2 N–H and O–H groups in total. The van der Waals surface area contributed by atoms with Crippen LogP contribution in [0.15, 0.2) is 24.5 Å². The van der Waals surface area contributed by atoms with Crippen molar-refractivity contribution in [1.82, 2.24) is 15.2 Å². The second kappa shape index (κ2) is 7.25. The predicted molar refractivity (Wildman–Crippen MR) is 75.7 cm³/mol. The van der Waals surface area contributed by atoms with Crippen molar-refractivity contribution in [2.45, 2.75) is 0 Å². The van der Waals surface area contributed by atoms with Crippen LogP contribution in [0.4, 0.5) is 5.69 Å². The van der Waals surface area contributed by atoms with Crippen molar-refractivity contribution in [1.29, 1.82) is 0 Å². The number of anilines is 1. The van der Waals surface area contributed by atoms with Crippen molar-refractivity contribution in [3.8, 4) is 0 Å². The van der Waals surface area contributed by atoms with E-state index in [1.54, 1.807) is 12.4 Å². The van der Waals surface area contributed by atoms with Crippen LogP contribution in [0.2, 0.25) is 0 Å². The van der Waals surface area contributed by atoms with E-state index in [4.69, 9.17) is 17.0 Å². The van der Waals surface area contributed by atoms with Gasteiger partial charge in [-0.05, 0) is 24.4 Å². The molecular formula is C12H18N4OS. The zero-order valence-electron chi connectivity index (χ0n) is 10.3. The molecule has 98 valence electrons. The summed E-state index contributed by atoms with van der Waals surface area (Å²) < 4.78 is 5.30. The average Bonchev–Trinajstić information content (AvgIpc) is 2.41. The first-order valence-corrected chi connectivity index (χ1v) is 6.50. The molecule has 18 heavy (non-hydrogen) atoms. The van der Waals surface area contributed by atoms with Crippen LogP contribution in [0.1, 0.15) is 0 Å². The maximum absolute atomic E-state index is 5.30. The average molecular weight is 266 g/mol. The number of morpholine rings is 1. The molecule has 1 aliphatic rings. The number of pyridine rings is 1. The molecule has 0 aliphatic carbocycles. The molecule has 0 aromatic carbocycles. The van der Waals surface area contributed by atoms with Crippen molar-refractivity contribution in [2.24, 2.45) is 0 Å². The molecule has 1 fully saturated rings. The van der Waals surface area contributed by atoms with Gasteiger partial charge in [-0.15, -0.1) is 0 Å². The summed E-state index contributed by atoms with van der Waals surface area (Å²) in [6, 6.07) is 3.77. The van der Waals surface area contributed by atoms with Crippen LogP contribution in [0.3, 0.4) is 0 Å². The van der Waals surface area contributed by atoms with Gasteiger partial charge in [-0.2, -0.15) is 0 Å². The Morgan fingerprint density at radius 1 is 1.33 bits per heavy atom. The van der Waals surface area contributed by atoms with Crippen molar-refractivity contribution in [3.05, 3.63) is 24.5 Å². The lowest BCUT2D eigenvalue weighted by atomic mass is 10.4. The fourth-order valence-corrected chi connectivity index (χ4v) is 1.98. The van der Waals surface area contributed by atoms with Gasteiger partial charge in [0.1, 0.15) is 0 Å². The van der Waals surface area contributed by atoms with Crippen LogP contribution >= 0.6 is 12.2 Å². The molecule has 1 saturated heterocycles. The predicted octanol–water partition coefficient (Wildman–Crippen LogP) is 0.700. The van der Waals surface area contributed by atoms with Crippen molar-refractivity contribution in [3.63, 3.8) is 0 Å². The molecule has 5 nitrogen and oxygen atoms in total. The zero-order valence-corrected chi connectivity index (χ0v) is 11.1. The number of ether oxygens (including phenoxy) is 1. The second-order valence-electron chi connectivity index (χ2n) is 4.07. The smallest absolute Gasteiger partial charge is 0.170 e. The highest BCUT2D eigenvalue weighted by molar-refractivity contribution is 7.80. The van der Waals surface area contributed by atoms with E-state index in [2.05, 4.69) is 20.5 Å². The standard InChI is InChI=1S/C12H18N4OS/c18-12(15-11-1-3-13-4-2-11)14-5-6-16-7-9-17-10-8-16/h1-4H,5-10H2,(H2,13,14,15,18). The summed E-state index contributed by atoms with van der Waals surface area (Å²) in [6.45, 7) is 5.51. The molecule has 0 bridgehead atoms. The summed E-state index contributed by atoms with van der Waals surface area (Å²) in [6.07, 6.45) is 3.47. The number of thiocarbonyl (C=S) groups is 1. The largest absolute Gasteiger partial charge is 0.379 e. The highest BCUT2D eigenvalue weighted by Crippen LogP contribution is 2.02. The van der Waals surface area contributed by atoms with Gasteiger partial charge in [0, 0.05) is 44.3 Å². The number of hydrogen-bond acceptors (Lipinski definition) is 4. The molecule has 2 heterocycles. The molecule has 1 aliphatic heterocycles. The van der Waals surface area contributed by atoms with Gasteiger partial charge in [-0.3, -0.25) is 9.88 Å². The normalized spacial score (nSPS) is 16.2. The number of nitrogens with one attached hydrogen (secondary N) is 2. The molecule has 0 amide bonds. The Morgan fingerprint density at radius 3 is 2.78 bits per heavy atom.